The summed E-state index contributed by atoms with van der Waals surface area (Å²) in [6, 6.07) is -0.542. The molecule has 0 radical (unpaired) electrons. The van der Waals surface area contributed by atoms with Gasteiger partial charge in [-0.3, -0.25) is 9.59 Å². The molecule has 0 bridgehead atoms. The van der Waals surface area contributed by atoms with Crippen LogP contribution in [0.4, 0.5) is 4.79 Å². The molecule has 0 aliphatic carbocycles. The van der Waals surface area contributed by atoms with E-state index in [2.05, 4.69) is 5.32 Å². The van der Waals surface area contributed by atoms with E-state index in [0.717, 1.165) is 0 Å². The van der Waals surface area contributed by atoms with E-state index in [1.54, 1.807) is 18.7 Å². The first kappa shape index (κ1) is 18.2. The predicted octanol–water partition coefficient (Wildman–Crippen LogP) is 0.750. The molecule has 0 aromatic heterocycles. The Balaban J connectivity index is 4.39. The van der Waals surface area contributed by atoms with Crippen LogP contribution in [0.25, 0.3) is 0 Å². The second-order valence-corrected chi connectivity index (χ2v) is 4.66. The number of carbonyl (C=O) groups is 3. The molecule has 3 amide bonds. The highest BCUT2D eigenvalue weighted by Crippen LogP contribution is 2.01. The summed E-state index contributed by atoms with van der Waals surface area (Å²) >= 11 is 0. The van der Waals surface area contributed by atoms with Crippen LogP contribution < -0.4 is 5.32 Å². The maximum atomic E-state index is 12.0. The Kier molecular flexibility index (Phi) is 8.35. The van der Waals surface area contributed by atoms with Crippen molar-refractivity contribution in [1.29, 1.82) is 0 Å². The number of rotatable bonds is 8. The van der Waals surface area contributed by atoms with E-state index in [-0.39, 0.29) is 31.5 Å². The average molecular weight is 287 g/mol. The van der Waals surface area contributed by atoms with Crippen LogP contribution in [0.5, 0.6) is 0 Å². The van der Waals surface area contributed by atoms with Crippen LogP contribution in [-0.4, -0.2) is 65.0 Å². The molecule has 0 unspecified atom stereocenters. The summed E-state index contributed by atoms with van der Waals surface area (Å²) in [5.41, 5.74) is 0. The van der Waals surface area contributed by atoms with E-state index in [0.29, 0.717) is 13.1 Å². The van der Waals surface area contributed by atoms with Crippen molar-refractivity contribution in [2.24, 2.45) is 0 Å². The number of carboxylic acid groups (broad SMARTS) is 1. The van der Waals surface area contributed by atoms with Gasteiger partial charge in [0.2, 0.25) is 5.91 Å². The van der Waals surface area contributed by atoms with Gasteiger partial charge in [0.15, 0.2) is 0 Å². The number of nitrogens with zero attached hydrogens (tertiary/aromatic N) is 2. The Morgan fingerprint density at radius 3 is 2.10 bits per heavy atom. The normalized spacial score (nSPS) is 10.2. The van der Waals surface area contributed by atoms with Crippen LogP contribution in [0, 0.1) is 0 Å². The molecule has 2 N–H and O–H groups in total. The summed E-state index contributed by atoms with van der Waals surface area (Å²) in [7, 11) is 0. The molecule has 7 heteroatoms. The number of urea groups is 1. The first-order chi connectivity index (χ1) is 9.33. The lowest BCUT2D eigenvalue weighted by atomic mass is 10.3. The molecule has 7 nitrogen and oxygen atoms in total. The maximum Gasteiger partial charge on any atom is 0.318 e. The fraction of sp³-hybridized carbons (Fsp3) is 0.769. The Bertz CT molecular complexity index is 341. The van der Waals surface area contributed by atoms with Gasteiger partial charge in [0.05, 0.1) is 13.0 Å². The van der Waals surface area contributed by atoms with Gasteiger partial charge in [-0.05, 0) is 27.7 Å². The summed E-state index contributed by atoms with van der Waals surface area (Å²) < 4.78 is 0. The zero-order chi connectivity index (χ0) is 15.7. The van der Waals surface area contributed by atoms with Gasteiger partial charge in [-0.15, -0.1) is 0 Å². The predicted molar refractivity (Wildman–Crippen MR) is 75.4 cm³/mol. The highest BCUT2D eigenvalue weighted by Gasteiger charge is 2.19. The standard InChI is InChI=1S/C13H25N3O4/c1-5-15(6-2)11(17)9-14-13(20)16(10(3)4)8-7-12(18)19/h10H,5-9H2,1-4H3,(H,14,20)(H,18,19). The van der Waals surface area contributed by atoms with Crippen molar-refractivity contribution < 1.29 is 19.5 Å². The number of likely N-dealkylation sites (N-methyl/N-ethyl adjacent to an activating group) is 1. The summed E-state index contributed by atoms with van der Waals surface area (Å²) in [6.45, 7) is 8.58. The quantitative estimate of drug-likeness (QED) is 0.689. The summed E-state index contributed by atoms with van der Waals surface area (Å²) in [4.78, 5) is 37.3. The lowest BCUT2D eigenvalue weighted by molar-refractivity contribution is -0.137. The van der Waals surface area contributed by atoms with Gasteiger partial charge in [0.1, 0.15) is 0 Å². The number of carbonyl (C=O) groups excluding carboxylic acids is 2. The van der Waals surface area contributed by atoms with E-state index in [9.17, 15) is 14.4 Å². The van der Waals surface area contributed by atoms with Crippen LogP contribution in [0.2, 0.25) is 0 Å². The summed E-state index contributed by atoms with van der Waals surface area (Å²) in [5.74, 6) is -1.10. The number of hydrogen-bond acceptors (Lipinski definition) is 3. The van der Waals surface area contributed by atoms with E-state index in [1.165, 1.54) is 4.90 Å². The molecule has 0 aromatic carbocycles. The first-order valence-electron chi connectivity index (χ1n) is 6.87. The fourth-order valence-corrected chi connectivity index (χ4v) is 1.75. The minimum Gasteiger partial charge on any atom is -0.481 e. The van der Waals surface area contributed by atoms with Crippen LogP contribution in [-0.2, 0) is 9.59 Å². The molecule has 0 saturated carbocycles. The molecule has 0 heterocycles. The SMILES string of the molecule is CCN(CC)C(=O)CNC(=O)N(CCC(=O)O)C(C)C. The minimum absolute atomic E-state index is 0.0726. The van der Waals surface area contributed by atoms with Gasteiger partial charge in [-0.2, -0.15) is 0 Å². The highest BCUT2D eigenvalue weighted by molar-refractivity contribution is 5.84. The molecular formula is C13H25N3O4. The third-order valence-corrected chi connectivity index (χ3v) is 2.96. The second-order valence-electron chi connectivity index (χ2n) is 4.66. The Hall–Kier alpha value is -1.79. The lowest BCUT2D eigenvalue weighted by Crippen LogP contribution is -2.48. The van der Waals surface area contributed by atoms with E-state index in [1.807, 2.05) is 13.8 Å². The Morgan fingerprint density at radius 2 is 1.70 bits per heavy atom. The van der Waals surface area contributed by atoms with E-state index < -0.39 is 12.0 Å². The molecular weight excluding hydrogens is 262 g/mol. The van der Waals surface area contributed by atoms with Crippen molar-refractivity contribution >= 4 is 17.9 Å². The van der Waals surface area contributed by atoms with Crippen molar-refractivity contribution in [1.82, 2.24) is 15.1 Å². The molecule has 20 heavy (non-hydrogen) atoms. The zero-order valence-electron chi connectivity index (χ0n) is 12.7. The van der Waals surface area contributed by atoms with Crippen LogP contribution in [0.3, 0.4) is 0 Å². The minimum atomic E-state index is -0.956. The molecule has 0 spiro atoms. The molecule has 0 aliphatic rings. The van der Waals surface area contributed by atoms with Crippen LogP contribution in [0.15, 0.2) is 0 Å². The fourth-order valence-electron chi connectivity index (χ4n) is 1.75. The number of carboxylic acids is 1. The van der Waals surface area contributed by atoms with Gasteiger partial charge < -0.3 is 20.2 Å². The number of nitrogens with one attached hydrogen (secondary N) is 1. The maximum absolute atomic E-state index is 12.0. The molecule has 0 aromatic rings. The van der Waals surface area contributed by atoms with Gasteiger partial charge in [0.25, 0.3) is 0 Å². The molecule has 0 atom stereocenters. The van der Waals surface area contributed by atoms with E-state index in [4.69, 9.17) is 5.11 Å². The topological polar surface area (TPSA) is 90.0 Å². The molecule has 0 fully saturated rings. The largest absolute Gasteiger partial charge is 0.481 e. The van der Waals surface area contributed by atoms with Crippen molar-refractivity contribution in [3.05, 3.63) is 0 Å². The lowest BCUT2D eigenvalue weighted by Gasteiger charge is -2.27. The number of aliphatic carboxylic acids is 1. The third-order valence-electron chi connectivity index (χ3n) is 2.96. The third kappa shape index (κ3) is 6.40. The summed E-state index contributed by atoms with van der Waals surface area (Å²) in [6.07, 6.45) is -0.115. The zero-order valence-corrected chi connectivity index (χ0v) is 12.7. The first-order valence-corrected chi connectivity index (χ1v) is 6.87. The van der Waals surface area contributed by atoms with Crippen molar-refractivity contribution in [2.45, 2.75) is 40.2 Å². The van der Waals surface area contributed by atoms with Crippen molar-refractivity contribution in [2.75, 3.05) is 26.2 Å². The molecule has 0 rings (SSSR count). The van der Waals surface area contributed by atoms with E-state index >= 15 is 0 Å². The second kappa shape index (κ2) is 9.17. The van der Waals surface area contributed by atoms with Gasteiger partial charge in [0, 0.05) is 25.7 Å². The Labute approximate surface area is 119 Å². The Morgan fingerprint density at radius 1 is 1.15 bits per heavy atom. The van der Waals surface area contributed by atoms with Gasteiger partial charge in [-0.25, -0.2) is 4.79 Å². The van der Waals surface area contributed by atoms with Crippen LogP contribution >= 0.6 is 0 Å². The molecule has 0 aliphatic heterocycles. The monoisotopic (exact) mass is 287 g/mol. The van der Waals surface area contributed by atoms with Gasteiger partial charge >= 0.3 is 12.0 Å². The molecule has 0 saturated heterocycles. The number of amides is 3. The van der Waals surface area contributed by atoms with Crippen molar-refractivity contribution in [3.63, 3.8) is 0 Å². The highest BCUT2D eigenvalue weighted by atomic mass is 16.4. The number of hydrogen-bond donors (Lipinski definition) is 2. The van der Waals surface area contributed by atoms with Crippen molar-refractivity contribution in [3.8, 4) is 0 Å². The summed E-state index contributed by atoms with van der Waals surface area (Å²) in [5, 5.41) is 11.2. The van der Waals surface area contributed by atoms with Gasteiger partial charge in [-0.1, -0.05) is 0 Å². The smallest absolute Gasteiger partial charge is 0.318 e. The molecule has 116 valence electrons. The van der Waals surface area contributed by atoms with Crippen LogP contribution in [0.1, 0.15) is 34.1 Å². The average Bonchev–Trinajstić information content (AvgIpc) is 2.37.